The third-order valence-corrected chi connectivity index (χ3v) is 3.77. The second kappa shape index (κ2) is 6.12. The summed E-state index contributed by atoms with van der Waals surface area (Å²) < 4.78 is 47.5. The molecular formula is C17H14F3N3O2. The van der Waals surface area contributed by atoms with Gasteiger partial charge < -0.3 is 10.5 Å². The first kappa shape index (κ1) is 16.8. The summed E-state index contributed by atoms with van der Waals surface area (Å²) in [6.45, 7) is 2.82. The lowest BCUT2D eigenvalue weighted by molar-refractivity contribution is 0.100. The van der Waals surface area contributed by atoms with Crippen molar-refractivity contribution in [2.75, 3.05) is 0 Å². The van der Waals surface area contributed by atoms with Crippen molar-refractivity contribution in [1.29, 1.82) is 0 Å². The maximum Gasteiger partial charge on any atom is 0.252 e. The molecule has 8 heteroatoms. The predicted octanol–water partition coefficient (Wildman–Crippen LogP) is 3.05. The molecule has 0 atom stereocenters. The van der Waals surface area contributed by atoms with Crippen molar-refractivity contribution >= 4 is 11.4 Å². The quantitative estimate of drug-likeness (QED) is 0.736. The van der Waals surface area contributed by atoms with Gasteiger partial charge in [-0.25, -0.2) is 13.2 Å². The average molecular weight is 349 g/mol. The van der Waals surface area contributed by atoms with Crippen molar-refractivity contribution in [1.82, 2.24) is 9.61 Å². The fourth-order valence-electron chi connectivity index (χ4n) is 2.61. The number of rotatable bonds is 4. The number of pyridine rings is 1. The molecule has 0 saturated carbocycles. The molecule has 5 nitrogen and oxygen atoms in total. The first-order chi connectivity index (χ1) is 11.8. The van der Waals surface area contributed by atoms with Gasteiger partial charge in [-0.15, -0.1) is 0 Å². The number of amides is 1. The predicted molar refractivity (Wildman–Crippen MR) is 83.8 cm³/mol. The van der Waals surface area contributed by atoms with E-state index in [0.717, 1.165) is 11.6 Å². The summed E-state index contributed by atoms with van der Waals surface area (Å²) >= 11 is 0. The molecule has 2 N–H and O–H groups in total. The Labute approximate surface area is 140 Å². The third kappa shape index (κ3) is 2.90. The number of ether oxygens (including phenoxy) is 1. The zero-order valence-electron chi connectivity index (χ0n) is 13.4. The van der Waals surface area contributed by atoms with Gasteiger partial charge in [0.05, 0.1) is 22.3 Å². The van der Waals surface area contributed by atoms with E-state index < -0.39 is 35.5 Å². The number of carbonyl (C=O) groups excluding carboxylic acids is 1. The average Bonchev–Trinajstić information content (AvgIpc) is 2.87. The van der Waals surface area contributed by atoms with Crippen LogP contribution in [0.3, 0.4) is 0 Å². The van der Waals surface area contributed by atoms with Crippen LogP contribution >= 0.6 is 0 Å². The highest BCUT2D eigenvalue weighted by Crippen LogP contribution is 2.24. The first-order valence-electron chi connectivity index (χ1n) is 7.34. The Balaban J connectivity index is 2.04. The van der Waals surface area contributed by atoms with E-state index in [1.807, 2.05) is 0 Å². The molecule has 25 heavy (non-hydrogen) atoms. The maximum absolute atomic E-state index is 13.8. The Hall–Kier alpha value is -3.03. The second-order valence-corrected chi connectivity index (χ2v) is 5.60. The van der Waals surface area contributed by atoms with Crippen molar-refractivity contribution in [3.63, 3.8) is 0 Å². The van der Waals surface area contributed by atoms with E-state index in [1.165, 1.54) is 4.52 Å². The van der Waals surface area contributed by atoms with Crippen molar-refractivity contribution in [2.45, 2.75) is 20.5 Å². The topological polar surface area (TPSA) is 69.6 Å². The van der Waals surface area contributed by atoms with Gasteiger partial charge in [-0.1, -0.05) is 0 Å². The highest BCUT2D eigenvalue weighted by molar-refractivity contribution is 6.01. The largest absolute Gasteiger partial charge is 0.473 e. The lowest BCUT2D eigenvalue weighted by atomic mass is 10.1. The molecule has 0 spiro atoms. The normalized spacial score (nSPS) is 11.1. The Bertz CT molecular complexity index is 999. The van der Waals surface area contributed by atoms with E-state index >= 15 is 0 Å². The molecule has 0 fully saturated rings. The number of carbonyl (C=O) groups is 1. The number of nitrogens with two attached hydrogens (primary N) is 1. The minimum absolute atomic E-state index is 0.147. The van der Waals surface area contributed by atoms with Gasteiger partial charge in [0.15, 0.2) is 11.6 Å². The molecule has 3 rings (SSSR count). The summed E-state index contributed by atoms with van der Waals surface area (Å²) in [5.41, 5.74) is 6.61. The third-order valence-electron chi connectivity index (χ3n) is 3.77. The Kier molecular flexibility index (Phi) is 4.12. The van der Waals surface area contributed by atoms with Crippen LogP contribution in [0.4, 0.5) is 13.2 Å². The highest BCUT2D eigenvalue weighted by Gasteiger charge is 2.19. The van der Waals surface area contributed by atoms with Gasteiger partial charge in [-0.3, -0.25) is 4.79 Å². The number of hydrogen-bond donors (Lipinski definition) is 1. The van der Waals surface area contributed by atoms with Gasteiger partial charge in [0.2, 0.25) is 5.88 Å². The Morgan fingerprint density at radius 3 is 2.56 bits per heavy atom. The molecule has 1 aromatic carbocycles. The van der Waals surface area contributed by atoms with Gasteiger partial charge in [0.1, 0.15) is 12.4 Å². The molecular weight excluding hydrogens is 335 g/mol. The minimum Gasteiger partial charge on any atom is -0.473 e. The van der Waals surface area contributed by atoms with Crippen molar-refractivity contribution in [2.24, 2.45) is 5.73 Å². The molecule has 0 unspecified atom stereocenters. The first-order valence-corrected chi connectivity index (χ1v) is 7.34. The summed E-state index contributed by atoms with van der Waals surface area (Å²) in [4.78, 5) is 11.6. The Morgan fingerprint density at radius 1 is 1.20 bits per heavy atom. The number of aryl methyl sites for hydroxylation is 2. The van der Waals surface area contributed by atoms with E-state index in [9.17, 15) is 18.0 Å². The Morgan fingerprint density at radius 2 is 1.88 bits per heavy atom. The van der Waals surface area contributed by atoms with Gasteiger partial charge in [-0.05, 0) is 37.6 Å². The van der Waals surface area contributed by atoms with Crippen LogP contribution < -0.4 is 10.5 Å². The molecule has 0 saturated heterocycles. The second-order valence-electron chi connectivity index (χ2n) is 5.60. The zero-order valence-corrected chi connectivity index (χ0v) is 13.4. The minimum atomic E-state index is -1.31. The maximum atomic E-state index is 13.8. The number of primary amides is 1. The smallest absolute Gasteiger partial charge is 0.252 e. The summed E-state index contributed by atoms with van der Waals surface area (Å²) in [5.74, 6) is -3.89. The van der Waals surface area contributed by atoms with Gasteiger partial charge >= 0.3 is 0 Å². The van der Waals surface area contributed by atoms with E-state index in [1.54, 1.807) is 26.0 Å². The molecule has 0 bridgehead atoms. The highest BCUT2D eigenvalue weighted by atomic mass is 19.2. The summed E-state index contributed by atoms with van der Waals surface area (Å²) in [7, 11) is 0. The van der Waals surface area contributed by atoms with Gasteiger partial charge in [0.25, 0.3) is 5.91 Å². The summed E-state index contributed by atoms with van der Waals surface area (Å²) in [6.07, 6.45) is 0. The number of aromatic nitrogens is 2. The van der Waals surface area contributed by atoms with Gasteiger partial charge in [0, 0.05) is 6.07 Å². The number of hydrogen-bond acceptors (Lipinski definition) is 3. The van der Waals surface area contributed by atoms with E-state index in [-0.39, 0.29) is 11.4 Å². The number of fused-ring (bicyclic) bond motifs is 1. The number of nitrogens with zero attached hydrogens (tertiary/aromatic N) is 2. The molecule has 3 aromatic rings. The fraction of sp³-hybridized carbons (Fsp3) is 0.176. The van der Waals surface area contributed by atoms with Gasteiger partial charge in [-0.2, -0.15) is 9.61 Å². The monoisotopic (exact) mass is 349 g/mol. The molecule has 2 heterocycles. The molecule has 0 aliphatic rings. The van der Waals surface area contributed by atoms with Crippen molar-refractivity contribution in [3.8, 4) is 5.88 Å². The van der Waals surface area contributed by atoms with Crippen LogP contribution in [0.1, 0.15) is 27.2 Å². The van der Waals surface area contributed by atoms with Crippen LogP contribution in [0.15, 0.2) is 24.3 Å². The number of halogens is 3. The van der Waals surface area contributed by atoms with E-state index in [4.69, 9.17) is 10.5 Å². The summed E-state index contributed by atoms with van der Waals surface area (Å²) in [6, 6.07) is 4.80. The van der Waals surface area contributed by atoms with Crippen LogP contribution in [0.5, 0.6) is 5.88 Å². The lowest BCUT2D eigenvalue weighted by Crippen LogP contribution is -2.12. The van der Waals surface area contributed by atoms with Crippen LogP contribution in [-0.2, 0) is 6.61 Å². The standard InChI is InChI=1S/C17H14F3N3O2/c1-8-5-13-15(17(21)24)9(2)22-23(13)14(6-8)25-7-10-11(18)3-4-12(19)16(10)20/h3-6H,7H2,1-2H3,(H2,21,24). The van der Waals surface area contributed by atoms with E-state index in [0.29, 0.717) is 17.3 Å². The number of benzene rings is 1. The molecule has 2 aromatic heterocycles. The fourth-order valence-corrected chi connectivity index (χ4v) is 2.61. The molecule has 0 radical (unpaired) electrons. The van der Waals surface area contributed by atoms with Crippen LogP contribution in [0.2, 0.25) is 0 Å². The van der Waals surface area contributed by atoms with Crippen LogP contribution in [-0.4, -0.2) is 15.5 Å². The molecule has 130 valence electrons. The van der Waals surface area contributed by atoms with E-state index in [2.05, 4.69) is 5.10 Å². The lowest BCUT2D eigenvalue weighted by Gasteiger charge is -2.11. The molecule has 0 aliphatic carbocycles. The molecule has 1 amide bonds. The SMILES string of the molecule is Cc1cc(OCc2c(F)ccc(F)c2F)n2nc(C)c(C(N)=O)c2c1. The zero-order chi connectivity index (χ0) is 18.3. The molecule has 0 aliphatic heterocycles. The van der Waals surface area contributed by atoms with Crippen molar-refractivity contribution in [3.05, 3.63) is 64.1 Å². The summed E-state index contributed by atoms with van der Waals surface area (Å²) in [5, 5.41) is 4.18. The van der Waals surface area contributed by atoms with Crippen molar-refractivity contribution < 1.29 is 22.7 Å². The van der Waals surface area contributed by atoms with Crippen LogP contribution in [0.25, 0.3) is 5.52 Å². The van der Waals surface area contributed by atoms with Crippen LogP contribution in [0, 0.1) is 31.3 Å².